The van der Waals surface area contributed by atoms with E-state index in [1.54, 1.807) is 0 Å². The Balaban J connectivity index is 2.61. The maximum Gasteiger partial charge on any atom is 0.338 e. The Morgan fingerprint density at radius 2 is 2.19 bits per heavy atom. The van der Waals surface area contributed by atoms with Gasteiger partial charge in [0.1, 0.15) is 11.7 Å². The van der Waals surface area contributed by atoms with E-state index < -0.39 is 22.8 Å². The van der Waals surface area contributed by atoms with E-state index in [9.17, 15) is 24.8 Å². The minimum absolute atomic E-state index is 0.0412. The van der Waals surface area contributed by atoms with Gasteiger partial charge in [0.2, 0.25) is 5.91 Å². The summed E-state index contributed by atoms with van der Waals surface area (Å²) >= 11 is 0. The van der Waals surface area contributed by atoms with Gasteiger partial charge < -0.3 is 20.5 Å². The number of para-hydroxylation sites is 1. The maximum atomic E-state index is 11.5. The number of carbonyl (C=O) groups is 2. The van der Waals surface area contributed by atoms with Crippen LogP contribution >= 0.6 is 0 Å². The highest BCUT2D eigenvalue weighted by Crippen LogP contribution is 2.34. The zero-order valence-electron chi connectivity index (χ0n) is 10.9. The molecule has 0 bridgehead atoms. The molecule has 1 aromatic rings. The van der Waals surface area contributed by atoms with Crippen LogP contribution in [0.4, 0.5) is 11.4 Å². The van der Waals surface area contributed by atoms with Gasteiger partial charge in [-0.1, -0.05) is 6.07 Å². The Labute approximate surface area is 119 Å². The molecule has 1 unspecified atom stereocenters. The normalized spacial score (nSPS) is 18.3. The second-order valence-electron chi connectivity index (χ2n) is 4.42. The lowest BCUT2D eigenvalue weighted by molar-refractivity contribution is -0.384. The third kappa shape index (κ3) is 2.77. The molecule has 2 rings (SSSR count). The Kier molecular flexibility index (Phi) is 4.03. The van der Waals surface area contributed by atoms with Crippen LogP contribution < -0.4 is 10.6 Å². The van der Waals surface area contributed by atoms with E-state index in [0.29, 0.717) is 0 Å². The number of nitro benzene ring substituents is 1. The monoisotopic (exact) mass is 295 g/mol. The van der Waals surface area contributed by atoms with Crippen molar-refractivity contribution in [1.29, 1.82) is 0 Å². The summed E-state index contributed by atoms with van der Waals surface area (Å²) in [6, 6.07) is 2.77. The fraction of sp³-hybridized carbons (Fsp3) is 0.333. The number of carboxylic acids is 1. The third-order valence-corrected chi connectivity index (χ3v) is 3.19. The zero-order valence-corrected chi connectivity index (χ0v) is 10.9. The number of hydrogen-bond acceptors (Lipinski definition) is 6. The third-order valence-electron chi connectivity index (χ3n) is 3.19. The van der Waals surface area contributed by atoms with Crippen LogP contribution in [-0.4, -0.2) is 47.7 Å². The summed E-state index contributed by atoms with van der Waals surface area (Å²) in [5.41, 5.74) is 4.51. The molecule has 1 atom stereocenters. The Hall–Kier alpha value is -2.68. The van der Waals surface area contributed by atoms with Gasteiger partial charge in [-0.25, -0.2) is 4.79 Å². The molecule has 0 radical (unpaired) electrons. The molecule has 1 fully saturated rings. The van der Waals surface area contributed by atoms with Gasteiger partial charge in [-0.3, -0.25) is 14.9 Å². The van der Waals surface area contributed by atoms with Gasteiger partial charge in [0, 0.05) is 12.6 Å². The number of carbonyl (C=O) groups excluding carboxylic acids is 1. The fourth-order valence-electron chi connectivity index (χ4n) is 2.26. The molecule has 0 saturated carbocycles. The molecular weight excluding hydrogens is 282 g/mol. The summed E-state index contributed by atoms with van der Waals surface area (Å²) in [7, 11) is 0. The van der Waals surface area contributed by atoms with Crippen LogP contribution in [0, 0.1) is 10.1 Å². The van der Waals surface area contributed by atoms with E-state index in [2.05, 4.69) is 0 Å². The number of morpholine rings is 1. The number of benzene rings is 1. The summed E-state index contributed by atoms with van der Waals surface area (Å²) in [4.78, 5) is 34.6. The molecule has 0 spiro atoms. The van der Waals surface area contributed by atoms with E-state index in [-0.39, 0.29) is 36.7 Å². The van der Waals surface area contributed by atoms with Gasteiger partial charge in [-0.15, -0.1) is 0 Å². The molecule has 9 nitrogen and oxygen atoms in total. The standard InChI is InChI=1S/C12H13N3O6/c13-11(16)9-6-21-5-4-14(9)10-7(12(17)18)2-1-3-8(10)15(19)20/h1-3,9H,4-6H2,(H2,13,16)(H,17,18). The molecule has 112 valence electrons. The minimum Gasteiger partial charge on any atom is -0.478 e. The molecule has 1 amide bonds. The molecular formula is C12H13N3O6. The van der Waals surface area contributed by atoms with E-state index >= 15 is 0 Å². The van der Waals surface area contributed by atoms with E-state index in [1.165, 1.54) is 23.1 Å². The van der Waals surface area contributed by atoms with Crippen molar-refractivity contribution in [3.63, 3.8) is 0 Å². The summed E-state index contributed by atoms with van der Waals surface area (Å²) in [6.07, 6.45) is 0. The molecule has 1 aliphatic rings. The van der Waals surface area contributed by atoms with Crippen LogP contribution in [0.5, 0.6) is 0 Å². The van der Waals surface area contributed by atoms with Crippen molar-refractivity contribution in [3.05, 3.63) is 33.9 Å². The molecule has 3 N–H and O–H groups in total. The summed E-state index contributed by atoms with van der Waals surface area (Å²) in [6.45, 7) is 0.314. The molecule has 1 saturated heterocycles. The molecule has 1 aromatic carbocycles. The highest BCUT2D eigenvalue weighted by molar-refractivity contribution is 5.98. The van der Waals surface area contributed by atoms with Crippen LogP contribution in [0.2, 0.25) is 0 Å². The predicted octanol–water partition coefficient (Wildman–Crippen LogP) is -0.0165. The smallest absolute Gasteiger partial charge is 0.338 e. The first-order valence-corrected chi connectivity index (χ1v) is 6.08. The lowest BCUT2D eigenvalue weighted by atomic mass is 10.1. The summed E-state index contributed by atoms with van der Waals surface area (Å²) in [5.74, 6) is -2.05. The van der Waals surface area contributed by atoms with Gasteiger partial charge in [-0.2, -0.15) is 0 Å². The second kappa shape index (κ2) is 5.75. The first kappa shape index (κ1) is 14.7. The van der Waals surface area contributed by atoms with Gasteiger partial charge in [-0.05, 0) is 6.07 Å². The van der Waals surface area contributed by atoms with E-state index in [1.807, 2.05) is 0 Å². The molecule has 1 aliphatic heterocycles. The van der Waals surface area contributed by atoms with E-state index in [0.717, 1.165) is 0 Å². The summed E-state index contributed by atoms with van der Waals surface area (Å²) < 4.78 is 5.14. The van der Waals surface area contributed by atoms with Crippen molar-refractivity contribution in [3.8, 4) is 0 Å². The molecule has 9 heteroatoms. The number of rotatable bonds is 4. The minimum atomic E-state index is -1.32. The van der Waals surface area contributed by atoms with Crippen molar-refractivity contribution in [2.75, 3.05) is 24.7 Å². The van der Waals surface area contributed by atoms with Crippen molar-refractivity contribution in [2.45, 2.75) is 6.04 Å². The van der Waals surface area contributed by atoms with Gasteiger partial charge in [0.05, 0.1) is 23.7 Å². The first-order chi connectivity index (χ1) is 9.93. The van der Waals surface area contributed by atoms with Gasteiger partial charge >= 0.3 is 5.97 Å². The quantitative estimate of drug-likeness (QED) is 0.588. The van der Waals surface area contributed by atoms with Crippen LogP contribution in [0.3, 0.4) is 0 Å². The maximum absolute atomic E-state index is 11.5. The SMILES string of the molecule is NC(=O)C1COCCN1c1c(C(=O)O)cccc1[N+](=O)[O-]. The van der Waals surface area contributed by atoms with Crippen LogP contribution in [-0.2, 0) is 9.53 Å². The Morgan fingerprint density at radius 1 is 1.48 bits per heavy atom. The number of carboxylic acid groups (broad SMARTS) is 1. The lowest BCUT2D eigenvalue weighted by Crippen LogP contribution is -2.53. The van der Waals surface area contributed by atoms with Crippen LogP contribution in [0.1, 0.15) is 10.4 Å². The molecule has 21 heavy (non-hydrogen) atoms. The average Bonchev–Trinajstić information content (AvgIpc) is 2.46. The Morgan fingerprint density at radius 3 is 2.76 bits per heavy atom. The Bertz CT molecular complexity index is 570. The van der Waals surface area contributed by atoms with Crippen molar-refractivity contribution in [1.82, 2.24) is 0 Å². The van der Waals surface area contributed by atoms with Crippen LogP contribution in [0.15, 0.2) is 18.2 Å². The number of nitrogens with zero attached hydrogens (tertiary/aromatic N) is 2. The van der Waals surface area contributed by atoms with Crippen LogP contribution in [0.25, 0.3) is 0 Å². The summed E-state index contributed by atoms with van der Waals surface area (Å²) in [5, 5.41) is 20.4. The number of hydrogen-bond donors (Lipinski definition) is 2. The number of primary amides is 1. The lowest BCUT2D eigenvalue weighted by Gasteiger charge is -2.35. The topological polar surface area (TPSA) is 136 Å². The molecule has 0 aromatic heterocycles. The predicted molar refractivity (Wildman–Crippen MR) is 71.2 cm³/mol. The van der Waals surface area contributed by atoms with Crippen molar-refractivity contribution >= 4 is 23.3 Å². The van der Waals surface area contributed by atoms with Gasteiger partial charge in [0.25, 0.3) is 5.69 Å². The largest absolute Gasteiger partial charge is 0.478 e. The van der Waals surface area contributed by atoms with Crippen molar-refractivity contribution in [2.24, 2.45) is 5.73 Å². The van der Waals surface area contributed by atoms with Gasteiger partial charge in [0.15, 0.2) is 0 Å². The fourth-order valence-corrected chi connectivity index (χ4v) is 2.26. The van der Waals surface area contributed by atoms with E-state index in [4.69, 9.17) is 10.5 Å². The zero-order chi connectivity index (χ0) is 15.6. The number of ether oxygens (including phenoxy) is 1. The number of aromatic carboxylic acids is 1. The first-order valence-electron chi connectivity index (χ1n) is 6.08. The second-order valence-corrected chi connectivity index (χ2v) is 4.42. The highest BCUT2D eigenvalue weighted by Gasteiger charge is 2.35. The number of nitrogens with two attached hydrogens (primary N) is 1. The van der Waals surface area contributed by atoms with Crippen molar-refractivity contribution < 1.29 is 24.4 Å². The molecule has 1 heterocycles. The number of nitro groups is 1. The average molecular weight is 295 g/mol. The number of anilines is 1. The number of amides is 1. The highest BCUT2D eigenvalue weighted by atomic mass is 16.6. The molecule has 0 aliphatic carbocycles.